The molecule has 0 unspecified atom stereocenters. The van der Waals surface area contributed by atoms with E-state index in [2.05, 4.69) is 15.4 Å². The number of aromatic nitrogens is 1. The normalized spacial score (nSPS) is 25.5. The van der Waals surface area contributed by atoms with Crippen molar-refractivity contribution in [3.63, 3.8) is 0 Å². The number of allylic oxidation sites excluding steroid dienone is 1. The number of furan rings is 1. The predicted octanol–water partition coefficient (Wildman–Crippen LogP) is 5.89. The van der Waals surface area contributed by atoms with Gasteiger partial charge < -0.3 is 29.4 Å². The molecule has 8 rings (SSSR count). The summed E-state index contributed by atoms with van der Waals surface area (Å²) in [6.45, 7) is 5.16. The van der Waals surface area contributed by atoms with Crippen LogP contribution in [0.15, 0.2) is 77.2 Å². The van der Waals surface area contributed by atoms with E-state index in [1.807, 2.05) is 66.7 Å². The van der Waals surface area contributed by atoms with E-state index in [0.29, 0.717) is 60.2 Å². The number of alkyl carbamates (subject to hydrolysis) is 1. The molecule has 2 saturated carbocycles. The lowest BCUT2D eigenvalue weighted by molar-refractivity contribution is -0.141. The highest BCUT2D eigenvalue weighted by Gasteiger charge is 2.62. The maximum atomic E-state index is 14.7. The van der Waals surface area contributed by atoms with Gasteiger partial charge in [-0.1, -0.05) is 67.5 Å². The highest BCUT2D eigenvalue weighted by atomic mass is 32.2. The van der Waals surface area contributed by atoms with E-state index in [4.69, 9.17) is 18.9 Å². The summed E-state index contributed by atoms with van der Waals surface area (Å²) >= 11 is 0. The zero-order valence-electron chi connectivity index (χ0n) is 32.9. The monoisotopic (exact) mass is 811 g/mol. The standard InChI is InChI=1S/C43H49N5O9S/c1-42(2,3)57-41(52)45-31-18-11-6-4-5-10-16-27-24-43(27,40(51)47-58(53,54)29-20-21-29)46-38(49)33-22-28(25-48(33)39(31)50)55-35-23-32(26-14-8-7-9-15-26)44-36-30-17-12-13-19-34(30)56-37(35)36/h7-10,12-17,19,23,27-29,31,33H,4-6,11,18,20-22,24-25H2,1-3H3,(H,45,52)(H,46,49)(H,47,51)/t27-,28-,31+,33+,43-/m1/s1. The first-order chi connectivity index (χ1) is 27.7. The second-order valence-corrected chi connectivity index (χ2v) is 18.8. The minimum Gasteiger partial charge on any atom is -0.484 e. The molecule has 2 aliphatic heterocycles. The third-order valence-electron chi connectivity index (χ3n) is 11.2. The first kappa shape index (κ1) is 39.4. The van der Waals surface area contributed by atoms with Crippen molar-refractivity contribution in [3.8, 4) is 17.0 Å². The highest BCUT2D eigenvalue weighted by molar-refractivity contribution is 7.91. The van der Waals surface area contributed by atoms with E-state index < -0.39 is 74.3 Å². The molecule has 3 N–H and O–H groups in total. The summed E-state index contributed by atoms with van der Waals surface area (Å²) < 4.78 is 46.6. The van der Waals surface area contributed by atoms with Gasteiger partial charge >= 0.3 is 6.09 Å². The summed E-state index contributed by atoms with van der Waals surface area (Å²) in [7, 11) is -3.91. The number of carbonyl (C=O) groups excluding carboxylic acids is 4. The summed E-state index contributed by atoms with van der Waals surface area (Å²) in [5, 5.41) is 5.83. The lowest BCUT2D eigenvalue weighted by Crippen LogP contribution is -2.58. The molecule has 0 bridgehead atoms. The average molecular weight is 812 g/mol. The van der Waals surface area contributed by atoms with Gasteiger partial charge in [0.2, 0.25) is 21.8 Å². The molecule has 4 aromatic rings. The first-order valence-electron chi connectivity index (χ1n) is 20.1. The first-order valence-corrected chi connectivity index (χ1v) is 21.6. The number of fused-ring (bicyclic) bond motifs is 5. The Hall–Kier alpha value is -5.44. The number of hydrogen-bond acceptors (Lipinski definition) is 10. The number of para-hydroxylation sites is 1. The number of rotatable bonds is 7. The molecule has 4 heterocycles. The number of ether oxygens (including phenoxy) is 2. The lowest BCUT2D eigenvalue weighted by Gasteiger charge is -2.30. The van der Waals surface area contributed by atoms with Crippen molar-refractivity contribution >= 4 is 55.9 Å². The molecule has 15 heteroatoms. The third kappa shape index (κ3) is 8.27. The maximum absolute atomic E-state index is 14.7. The van der Waals surface area contributed by atoms with Crippen molar-refractivity contribution in [2.24, 2.45) is 5.92 Å². The largest absolute Gasteiger partial charge is 0.484 e. The van der Waals surface area contributed by atoms with Crippen molar-refractivity contribution < 1.29 is 41.5 Å². The molecule has 3 fully saturated rings. The van der Waals surface area contributed by atoms with Crippen LogP contribution in [0.5, 0.6) is 5.75 Å². The molecule has 14 nitrogen and oxygen atoms in total. The molecule has 2 aliphatic carbocycles. The Kier molecular flexibility index (Phi) is 10.4. The number of sulfonamides is 1. The van der Waals surface area contributed by atoms with Crippen molar-refractivity contribution in [2.75, 3.05) is 6.54 Å². The van der Waals surface area contributed by atoms with Gasteiger partial charge in [-0.25, -0.2) is 18.2 Å². The number of amides is 4. The van der Waals surface area contributed by atoms with Gasteiger partial charge in [0.05, 0.1) is 17.5 Å². The zero-order valence-corrected chi connectivity index (χ0v) is 33.7. The fraction of sp³-hybridized carbons (Fsp3) is 0.465. The van der Waals surface area contributed by atoms with Crippen LogP contribution in [-0.4, -0.2) is 83.2 Å². The van der Waals surface area contributed by atoms with Crippen molar-refractivity contribution in [1.82, 2.24) is 25.2 Å². The van der Waals surface area contributed by atoms with Crippen LogP contribution in [0.1, 0.15) is 78.6 Å². The average Bonchev–Trinajstić information content (AvgIpc) is 4.08. The van der Waals surface area contributed by atoms with Crippen LogP contribution in [0, 0.1) is 5.92 Å². The van der Waals surface area contributed by atoms with Crippen LogP contribution in [0.2, 0.25) is 0 Å². The minimum atomic E-state index is -3.91. The summed E-state index contributed by atoms with van der Waals surface area (Å²) in [4.78, 5) is 62.5. The molecular weight excluding hydrogens is 763 g/mol. The smallest absolute Gasteiger partial charge is 0.408 e. The van der Waals surface area contributed by atoms with Crippen LogP contribution < -0.4 is 20.1 Å². The molecule has 2 aromatic carbocycles. The lowest BCUT2D eigenvalue weighted by atomic mass is 10.0. The minimum absolute atomic E-state index is 0.0278. The molecule has 2 aromatic heterocycles. The Morgan fingerprint density at radius 2 is 1.76 bits per heavy atom. The Morgan fingerprint density at radius 1 is 1.00 bits per heavy atom. The van der Waals surface area contributed by atoms with Crippen molar-refractivity contribution in [3.05, 3.63) is 72.8 Å². The van der Waals surface area contributed by atoms with Gasteiger partial charge in [-0.05, 0) is 71.4 Å². The van der Waals surface area contributed by atoms with Gasteiger partial charge in [-0.2, -0.15) is 0 Å². The van der Waals surface area contributed by atoms with Crippen LogP contribution in [0.4, 0.5) is 4.79 Å². The van der Waals surface area contributed by atoms with E-state index in [0.717, 1.165) is 23.8 Å². The summed E-state index contributed by atoms with van der Waals surface area (Å²) in [6.07, 6.45) is 6.63. The van der Waals surface area contributed by atoms with Gasteiger partial charge in [0.25, 0.3) is 5.91 Å². The maximum Gasteiger partial charge on any atom is 0.408 e. The zero-order chi connectivity index (χ0) is 40.8. The van der Waals surface area contributed by atoms with Gasteiger partial charge in [0.15, 0.2) is 11.3 Å². The van der Waals surface area contributed by atoms with E-state index in [1.165, 1.54) is 4.90 Å². The Bertz CT molecular complexity index is 2390. The second kappa shape index (κ2) is 15.4. The Labute approximate surface area is 337 Å². The predicted molar refractivity (Wildman–Crippen MR) is 216 cm³/mol. The quantitative estimate of drug-likeness (QED) is 0.190. The van der Waals surface area contributed by atoms with E-state index in [1.54, 1.807) is 26.8 Å². The van der Waals surface area contributed by atoms with Crippen LogP contribution >= 0.6 is 0 Å². The highest BCUT2D eigenvalue weighted by Crippen LogP contribution is 2.46. The van der Waals surface area contributed by atoms with Crippen LogP contribution in [0.3, 0.4) is 0 Å². The van der Waals surface area contributed by atoms with Gasteiger partial charge in [0.1, 0.15) is 40.4 Å². The van der Waals surface area contributed by atoms with E-state index in [9.17, 15) is 27.6 Å². The molecule has 0 spiro atoms. The molecule has 0 radical (unpaired) electrons. The molecular formula is C43H49N5O9S. The summed E-state index contributed by atoms with van der Waals surface area (Å²) in [6, 6.07) is 16.8. The van der Waals surface area contributed by atoms with Gasteiger partial charge in [-0.15, -0.1) is 0 Å². The number of pyridine rings is 1. The molecule has 306 valence electrons. The van der Waals surface area contributed by atoms with Crippen LogP contribution in [-0.2, 0) is 29.1 Å². The molecule has 4 amide bonds. The summed E-state index contributed by atoms with van der Waals surface area (Å²) in [5.41, 5.74) is 0.771. The number of nitrogens with zero attached hydrogens (tertiary/aromatic N) is 2. The van der Waals surface area contributed by atoms with Gasteiger partial charge in [0, 0.05) is 29.4 Å². The molecule has 58 heavy (non-hydrogen) atoms. The molecule has 1 saturated heterocycles. The number of nitrogens with one attached hydrogen (secondary N) is 3. The molecule has 5 atom stereocenters. The van der Waals surface area contributed by atoms with Crippen molar-refractivity contribution in [2.45, 2.75) is 113 Å². The SMILES string of the molecule is CC(C)(C)OC(=O)N[C@H]1CCCCCC=C[C@@H]2C[C@@]2(C(=O)NS(=O)(=O)C2CC2)NC(=O)[C@@H]2C[C@@H](Oc3cc(-c4ccccc4)nc4c3oc3ccccc34)CN2C1=O. The van der Waals surface area contributed by atoms with E-state index >= 15 is 0 Å². The number of hydrogen-bond donors (Lipinski definition) is 3. The number of benzene rings is 2. The van der Waals surface area contributed by atoms with Gasteiger partial charge in [-0.3, -0.25) is 19.1 Å². The summed E-state index contributed by atoms with van der Waals surface area (Å²) in [5.74, 6) is -1.99. The third-order valence-corrected chi connectivity index (χ3v) is 13.0. The van der Waals surface area contributed by atoms with E-state index in [-0.39, 0.29) is 19.4 Å². The fourth-order valence-electron chi connectivity index (χ4n) is 7.97. The number of carbonyl (C=O) groups is 4. The van der Waals surface area contributed by atoms with Crippen molar-refractivity contribution in [1.29, 1.82) is 0 Å². The Morgan fingerprint density at radius 3 is 2.52 bits per heavy atom. The topological polar surface area (TPSA) is 186 Å². The Balaban J connectivity index is 1.14. The van der Waals surface area contributed by atoms with Crippen LogP contribution in [0.25, 0.3) is 33.3 Å². The fourth-order valence-corrected chi connectivity index (χ4v) is 9.34. The molecule has 4 aliphatic rings. The second-order valence-electron chi connectivity index (χ2n) is 16.8.